The second-order valence-electron chi connectivity index (χ2n) is 4.56. The van der Waals surface area contributed by atoms with E-state index in [0.717, 1.165) is 20.7 Å². The summed E-state index contributed by atoms with van der Waals surface area (Å²) in [6.07, 6.45) is 0. The van der Waals surface area contributed by atoms with Crippen LogP contribution in [0.25, 0.3) is 10.1 Å². The van der Waals surface area contributed by atoms with E-state index in [1.807, 2.05) is 18.2 Å². The Labute approximate surface area is 145 Å². The zero-order chi connectivity index (χ0) is 15.0. The first-order valence-electron chi connectivity index (χ1n) is 6.25. The summed E-state index contributed by atoms with van der Waals surface area (Å²) in [5, 5.41) is 1.53. The molecule has 0 amide bonds. The zero-order valence-corrected chi connectivity index (χ0v) is 15.0. The fraction of sp³-hybridized carbons (Fsp3) is 0.125. The third kappa shape index (κ3) is 2.93. The summed E-state index contributed by atoms with van der Waals surface area (Å²) in [6.45, 7) is 0. The normalized spacial score (nSPS) is 12.6. The quantitative estimate of drug-likeness (QED) is 0.446. The number of hydrogen-bond acceptors (Lipinski definition) is 2. The molecule has 108 valence electrons. The number of methoxy groups -OCH3 is 1. The molecule has 2 aromatic carbocycles. The van der Waals surface area contributed by atoms with E-state index < -0.39 is 0 Å². The molecule has 1 unspecified atom stereocenters. The summed E-state index contributed by atoms with van der Waals surface area (Å²) in [6, 6.07) is 14.0. The second-order valence-corrected chi connectivity index (χ2v) is 7.40. The van der Waals surface area contributed by atoms with E-state index in [1.165, 1.54) is 10.1 Å². The van der Waals surface area contributed by atoms with Gasteiger partial charge in [0.05, 0.1) is 17.0 Å². The standard InChI is InChI=1S/C16H11BrCl2OS/c1-20-16-11(7-10(18)8-12(16)17)15(19)14-6-9-4-2-3-5-13(9)21-14/h2-8,15H,1H3. The van der Waals surface area contributed by atoms with Crippen molar-refractivity contribution in [1.82, 2.24) is 0 Å². The van der Waals surface area contributed by atoms with E-state index in [1.54, 1.807) is 24.5 Å². The summed E-state index contributed by atoms with van der Waals surface area (Å²) in [4.78, 5) is 1.07. The number of ether oxygens (including phenoxy) is 1. The van der Waals surface area contributed by atoms with Crippen molar-refractivity contribution in [3.63, 3.8) is 0 Å². The molecular formula is C16H11BrCl2OS. The van der Waals surface area contributed by atoms with Gasteiger partial charge in [0.15, 0.2) is 0 Å². The molecule has 0 aliphatic rings. The highest BCUT2D eigenvalue weighted by molar-refractivity contribution is 9.10. The molecule has 3 aromatic rings. The van der Waals surface area contributed by atoms with Crippen molar-refractivity contribution in [3.05, 3.63) is 62.4 Å². The van der Waals surface area contributed by atoms with Crippen molar-refractivity contribution in [3.8, 4) is 5.75 Å². The Hall–Kier alpha value is -0.740. The van der Waals surface area contributed by atoms with Crippen molar-refractivity contribution in [1.29, 1.82) is 0 Å². The van der Waals surface area contributed by atoms with E-state index in [2.05, 4.69) is 34.1 Å². The van der Waals surface area contributed by atoms with Gasteiger partial charge in [-0.2, -0.15) is 0 Å². The fourth-order valence-corrected chi connectivity index (χ4v) is 4.68. The van der Waals surface area contributed by atoms with Crippen molar-refractivity contribution in [2.75, 3.05) is 7.11 Å². The summed E-state index contributed by atoms with van der Waals surface area (Å²) in [5.41, 5.74) is 0.866. The first-order chi connectivity index (χ1) is 10.1. The van der Waals surface area contributed by atoms with Gasteiger partial charge in [0.1, 0.15) is 5.75 Å². The van der Waals surface area contributed by atoms with E-state index >= 15 is 0 Å². The van der Waals surface area contributed by atoms with Crippen molar-refractivity contribution < 1.29 is 4.74 Å². The van der Waals surface area contributed by atoms with Gasteiger partial charge in [-0.1, -0.05) is 29.8 Å². The van der Waals surface area contributed by atoms with Gasteiger partial charge in [0.25, 0.3) is 0 Å². The minimum atomic E-state index is -0.299. The molecular weight excluding hydrogens is 391 g/mol. The smallest absolute Gasteiger partial charge is 0.138 e. The number of hydrogen-bond donors (Lipinski definition) is 0. The van der Waals surface area contributed by atoms with Crippen LogP contribution in [0.5, 0.6) is 5.75 Å². The molecule has 1 aromatic heterocycles. The Morgan fingerprint density at radius 3 is 2.67 bits per heavy atom. The highest BCUT2D eigenvalue weighted by Gasteiger charge is 2.20. The van der Waals surface area contributed by atoms with Crippen LogP contribution < -0.4 is 4.74 Å². The average Bonchev–Trinajstić information content (AvgIpc) is 2.89. The van der Waals surface area contributed by atoms with Gasteiger partial charge in [-0.25, -0.2) is 0 Å². The molecule has 3 rings (SSSR count). The lowest BCUT2D eigenvalue weighted by atomic mass is 10.1. The number of fused-ring (bicyclic) bond motifs is 1. The predicted octanol–water partition coefficient (Wildman–Crippen LogP) is 6.65. The lowest BCUT2D eigenvalue weighted by Crippen LogP contribution is -1.97. The monoisotopic (exact) mass is 400 g/mol. The fourth-order valence-electron chi connectivity index (χ4n) is 2.26. The van der Waals surface area contributed by atoms with E-state index in [-0.39, 0.29) is 5.38 Å². The van der Waals surface area contributed by atoms with Crippen LogP contribution >= 0.6 is 50.5 Å². The minimum Gasteiger partial charge on any atom is -0.495 e. The zero-order valence-electron chi connectivity index (χ0n) is 11.1. The molecule has 0 aliphatic carbocycles. The lowest BCUT2D eigenvalue weighted by Gasteiger charge is -2.15. The topological polar surface area (TPSA) is 9.23 Å². The Morgan fingerprint density at radius 1 is 1.19 bits per heavy atom. The summed E-state index contributed by atoms with van der Waals surface area (Å²) in [5.74, 6) is 0.719. The molecule has 0 radical (unpaired) electrons. The second kappa shape index (κ2) is 6.17. The first kappa shape index (κ1) is 15.2. The van der Waals surface area contributed by atoms with E-state index in [4.69, 9.17) is 27.9 Å². The average molecular weight is 402 g/mol. The third-order valence-electron chi connectivity index (χ3n) is 3.21. The van der Waals surface area contributed by atoms with Crippen LogP contribution in [-0.2, 0) is 0 Å². The van der Waals surface area contributed by atoms with Crippen LogP contribution in [0.4, 0.5) is 0 Å². The van der Waals surface area contributed by atoms with Crippen LogP contribution in [-0.4, -0.2) is 7.11 Å². The Morgan fingerprint density at radius 2 is 1.95 bits per heavy atom. The van der Waals surface area contributed by atoms with Crippen molar-refractivity contribution in [2.45, 2.75) is 5.38 Å². The van der Waals surface area contributed by atoms with Crippen LogP contribution in [0, 0.1) is 0 Å². The summed E-state index contributed by atoms with van der Waals surface area (Å²) < 4.78 is 7.49. The maximum atomic E-state index is 6.68. The molecule has 21 heavy (non-hydrogen) atoms. The Kier molecular flexibility index (Phi) is 4.46. The minimum absolute atomic E-state index is 0.299. The lowest BCUT2D eigenvalue weighted by molar-refractivity contribution is 0.407. The highest BCUT2D eigenvalue weighted by Crippen LogP contribution is 2.44. The third-order valence-corrected chi connectivity index (χ3v) is 5.80. The largest absolute Gasteiger partial charge is 0.495 e. The van der Waals surface area contributed by atoms with E-state index in [0.29, 0.717) is 5.02 Å². The molecule has 5 heteroatoms. The van der Waals surface area contributed by atoms with Gasteiger partial charge >= 0.3 is 0 Å². The van der Waals surface area contributed by atoms with Gasteiger partial charge in [-0.15, -0.1) is 22.9 Å². The molecule has 0 saturated heterocycles. The molecule has 0 bridgehead atoms. The van der Waals surface area contributed by atoms with Crippen LogP contribution in [0.1, 0.15) is 15.8 Å². The maximum absolute atomic E-state index is 6.68. The van der Waals surface area contributed by atoms with Gasteiger partial charge in [-0.3, -0.25) is 0 Å². The molecule has 0 spiro atoms. The molecule has 0 N–H and O–H groups in total. The maximum Gasteiger partial charge on any atom is 0.138 e. The molecule has 1 atom stereocenters. The predicted molar refractivity (Wildman–Crippen MR) is 95.2 cm³/mol. The van der Waals surface area contributed by atoms with Gasteiger partial charge in [0.2, 0.25) is 0 Å². The Bertz CT molecular complexity index is 767. The van der Waals surface area contributed by atoms with Crippen LogP contribution in [0.2, 0.25) is 5.02 Å². The molecule has 1 nitrogen and oxygen atoms in total. The van der Waals surface area contributed by atoms with Crippen molar-refractivity contribution >= 4 is 60.6 Å². The van der Waals surface area contributed by atoms with E-state index in [9.17, 15) is 0 Å². The van der Waals surface area contributed by atoms with Gasteiger partial charge in [-0.05, 0) is 45.6 Å². The summed E-state index contributed by atoms with van der Waals surface area (Å²) >= 11 is 18.0. The Balaban J connectivity index is 2.11. The summed E-state index contributed by atoms with van der Waals surface area (Å²) in [7, 11) is 1.63. The van der Waals surface area contributed by atoms with Crippen LogP contribution in [0.15, 0.2) is 46.9 Å². The molecule has 0 saturated carbocycles. The number of alkyl halides is 1. The van der Waals surface area contributed by atoms with Crippen molar-refractivity contribution in [2.24, 2.45) is 0 Å². The number of rotatable bonds is 3. The molecule has 0 fully saturated rings. The number of thiophene rings is 1. The van der Waals surface area contributed by atoms with Gasteiger partial charge < -0.3 is 4.74 Å². The highest BCUT2D eigenvalue weighted by atomic mass is 79.9. The number of halogens is 3. The molecule has 1 heterocycles. The number of benzene rings is 2. The van der Waals surface area contributed by atoms with Gasteiger partial charge in [0, 0.05) is 20.2 Å². The first-order valence-corrected chi connectivity index (χ1v) is 8.68. The SMILES string of the molecule is COc1c(Br)cc(Cl)cc1C(Cl)c1cc2ccccc2s1. The van der Waals surface area contributed by atoms with Crippen LogP contribution in [0.3, 0.4) is 0 Å². The molecule has 0 aliphatic heterocycles.